The lowest BCUT2D eigenvalue weighted by molar-refractivity contribution is 0.0392. The second-order valence-electron chi connectivity index (χ2n) is 8.34. The Labute approximate surface area is 194 Å². The van der Waals surface area contributed by atoms with Gasteiger partial charge in [-0.2, -0.15) is 0 Å². The first kappa shape index (κ1) is 23.3. The number of nitrogens with zero attached hydrogens (tertiary/aromatic N) is 1. The number of ether oxygens (including phenoxy) is 3. The van der Waals surface area contributed by atoms with E-state index in [4.69, 9.17) is 18.6 Å². The molecular formula is C26H32N2O5. The topological polar surface area (TPSA) is 73.2 Å². The normalized spacial score (nSPS) is 14.6. The number of amides is 1. The number of furan rings is 1. The number of rotatable bonds is 10. The lowest BCUT2D eigenvalue weighted by Crippen LogP contribution is -2.38. The molecule has 1 fully saturated rings. The summed E-state index contributed by atoms with van der Waals surface area (Å²) in [7, 11) is 3.75. The van der Waals surface area contributed by atoms with Gasteiger partial charge in [0.25, 0.3) is 5.91 Å². The van der Waals surface area contributed by atoms with Crippen LogP contribution in [-0.2, 0) is 22.6 Å². The number of carbonyl (C=O) groups excluding carboxylic acids is 1. The molecule has 0 bridgehead atoms. The summed E-state index contributed by atoms with van der Waals surface area (Å²) < 4.78 is 22.5. The minimum absolute atomic E-state index is 0.261. The second kappa shape index (κ2) is 11.3. The first-order chi connectivity index (χ1) is 16.2. The molecule has 33 heavy (non-hydrogen) atoms. The highest BCUT2D eigenvalue weighted by atomic mass is 16.5. The van der Waals surface area contributed by atoms with Crippen molar-refractivity contribution in [2.75, 3.05) is 40.5 Å². The fourth-order valence-electron chi connectivity index (χ4n) is 4.19. The zero-order valence-electron chi connectivity index (χ0n) is 19.3. The number of carbonyl (C=O) groups is 1. The van der Waals surface area contributed by atoms with Gasteiger partial charge in [0.2, 0.25) is 0 Å². The van der Waals surface area contributed by atoms with Gasteiger partial charge in [0.15, 0.2) is 5.76 Å². The number of benzene rings is 2. The SMILES string of the molecule is COCc1c(C(=O)NCc2cccc(OCCN(C)C3CCOCC3)c2)oc2ccccc12. The van der Waals surface area contributed by atoms with Gasteiger partial charge < -0.3 is 23.9 Å². The number of nitrogens with one attached hydrogen (secondary N) is 1. The van der Waals surface area contributed by atoms with Crippen molar-refractivity contribution in [1.29, 1.82) is 0 Å². The Hall–Kier alpha value is -2.87. The molecule has 1 amide bonds. The molecular weight excluding hydrogens is 420 g/mol. The zero-order valence-corrected chi connectivity index (χ0v) is 19.3. The van der Waals surface area contributed by atoms with Crippen molar-refractivity contribution < 1.29 is 23.4 Å². The van der Waals surface area contributed by atoms with Crippen LogP contribution >= 0.6 is 0 Å². The molecule has 0 unspecified atom stereocenters. The van der Waals surface area contributed by atoms with Gasteiger partial charge >= 0.3 is 0 Å². The standard InChI is InChI=1S/C26H32N2O5/c1-28(20-10-13-31-14-11-20)12-15-32-21-7-5-6-19(16-21)17-27-26(29)25-23(18-30-2)22-8-3-4-9-24(22)33-25/h3-9,16,20H,10-15,17-18H2,1-2H3,(H,27,29). The van der Waals surface area contributed by atoms with E-state index in [0.29, 0.717) is 37.1 Å². The number of hydrogen-bond donors (Lipinski definition) is 1. The summed E-state index contributed by atoms with van der Waals surface area (Å²) in [6, 6.07) is 16.0. The molecule has 1 aliphatic rings. The van der Waals surface area contributed by atoms with Crippen LogP contribution in [0.1, 0.15) is 34.5 Å². The predicted octanol–water partition coefficient (Wildman–Crippen LogP) is 4.00. The van der Waals surface area contributed by atoms with Crippen LogP contribution in [0.2, 0.25) is 0 Å². The largest absolute Gasteiger partial charge is 0.492 e. The van der Waals surface area contributed by atoms with Crippen molar-refractivity contribution in [3.05, 3.63) is 65.4 Å². The van der Waals surface area contributed by atoms with Gasteiger partial charge in [0, 0.05) is 50.4 Å². The number of methoxy groups -OCH3 is 1. The molecule has 2 aromatic carbocycles. The van der Waals surface area contributed by atoms with Gasteiger partial charge in [-0.25, -0.2) is 0 Å². The molecule has 4 rings (SSSR count). The summed E-state index contributed by atoms with van der Waals surface area (Å²) >= 11 is 0. The van der Waals surface area contributed by atoms with Gasteiger partial charge in [-0.3, -0.25) is 9.69 Å². The van der Waals surface area contributed by atoms with E-state index in [9.17, 15) is 4.79 Å². The molecule has 1 aliphatic heterocycles. The van der Waals surface area contributed by atoms with Crippen LogP contribution in [0, 0.1) is 0 Å². The van der Waals surface area contributed by atoms with Gasteiger partial charge in [0.05, 0.1) is 6.61 Å². The summed E-state index contributed by atoms with van der Waals surface area (Å²) in [5, 5.41) is 3.85. The first-order valence-corrected chi connectivity index (χ1v) is 11.4. The van der Waals surface area contributed by atoms with E-state index >= 15 is 0 Å². The monoisotopic (exact) mass is 452 g/mol. The predicted molar refractivity (Wildman–Crippen MR) is 127 cm³/mol. The number of para-hydroxylation sites is 1. The molecule has 0 saturated carbocycles. The lowest BCUT2D eigenvalue weighted by Gasteiger charge is -2.31. The van der Waals surface area contributed by atoms with Gasteiger partial charge in [-0.05, 0) is 43.7 Å². The first-order valence-electron chi connectivity index (χ1n) is 11.4. The molecule has 2 heterocycles. The summed E-state index contributed by atoms with van der Waals surface area (Å²) in [5.41, 5.74) is 2.40. The number of fused-ring (bicyclic) bond motifs is 1. The molecule has 0 aliphatic carbocycles. The van der Waals surface area contributed by atoms with Crippen molar-refractivity contribution in [3.63, 3.8) is 0 Å². The third-order valence-corrected chi connectivity index (χ3v) is 6.07. The molecule has 0 spiro atoms. The lowest BCUT2D eigenvalue weighted by atomic mass is 10.1. The molecule has 3 aromatic rings. The fraction of sp³-hybridized carbons (Fsp3) is 0.423. The van der Waals surface area contributed by atoms with Crippen molar-refractivity contribution in [1.82, 2.24) is 10.2 Å². The fourth-order valence-corrected chi connectivity index (χ4v) is 4.19. The summed E-state index contributed by atoms with van der Waals surface area (Å²) in [4.78, 5) is 15.2. The van der Waals surface area contributed by atoms with Crippen molar-refractivity contribution in [2.45, 2.75) is 32.0 Å². The number of likely N-dealkylation sites (N-methyl/N-ethyl adjacent to an activating group) is 1. The Kier molecular flexibility index (Phi) is 7.99. The second-order valence-corrected chi connectivity index (χ2v) is 8.34. The Bertz CT molecular complexity index is 1060. The highest BCUT2D eigenvalue weighted by Gasteiger charge is 2.20. The van der Waals surface area contributed by atoms with Crippen LogP contribution in [0.3, 0.4) is 0 Å². The summed E-state index contributed by atoms with van der Waals surface area (Å²) in [6.45, 7) is 3.84. The molecule has 1 saturated heterocycles. The summed E-state index contributed by atoms with van der Waals surface area (Å²) in [5.74, 6) is 0.829. The van der Waals surface area contributed by atoms with Crippen LogP contribution in [0.4, 0.5) is 0 Å². The summed E-state index contributed by atoms with van der Waals surface area (Å²) in [6.07, 6.45) is 2.14. The molecule has 7 nitrogen and oxygen atoms in total. The smallest absolute Gasteiger partial charge is 0.287 e. The number of hydrogen-bond acceptors (Lipinski definition) is 6. The van der Waals surface area contributed by atoms with Crippen LogP contribution in [-0.4, -0.2) is 57.4 Å². The highest BCUT2D eigenvalue weighted by molar-refractivity contribution is 5.99. The van der Waals surface area contributed by atoms with Gasteiger partial charge in [0.1, 0.15) is 17.9 Å². The molecule has 176 valence electrons. The average molecular weight is 453 g/mol. The molecule has 1 aromatic heterocycles. The van der Waals surface area contributed by atoms with Crippen LogP contribution in [0.25, 0.3) is 11.0 Å². The third kappa shape index (κ3) is 5.93. The zero-order chi connectivity index (χ0) is 23.0. The average Bonchev–Trinajstić information content (AvgIpc) is 3.22. The molecule has 1 N–H and O–H groups in total. The van der Waals surface area contributed by atoms with E-state index < -0.39 is 0 Å². The van der Waals surface area contributed by atoms with Gasteiger partial charge in [-0.15, -0.1) is 0 Å². The molecule has 7 heteroatoms. The van der Waals surface area contributed by atoms with Crippen molar-refractivity contribution in [2.24, 2.45) is 0 Å². The van der Waals surface area contributed by atoms with Crippen LogP contribution in [0.5, 0.6) is 5.75 Å². The quantitative estimate of drug-likeness (QED) is 0.501. The van der Waals surface area contributed by atoms with Crippen molar-refractivity contribution in [3.8, 4) is 5.75 Å². The maximum Gasteiger partial charge on any atom is 0.287 e. The minimum Gasteiger partial charge on any atom is -0.492 e. The minimum atomic E-state index is -0.261. The maximum atomic E-state index is 12.9. The Balaban J connectivity index is 1.32. The highest BCUT2D eigenvalue weighted by Crippen LogP contribution is 2.26. The van der Waals surface area contributed by atoms with Crippen LogP contribution in [0.15, 0.2) is 52.9 Å². The Morgan fingerprint density at radius 1 is 1.15 bits per heavy atom. The van der Waals surface area contributed by atoms with E-state index in [1.54, 1.807) is 7.11 Å². The van der Waals surface area contributed by atoms with E-state index in [0.717, 1.165) is 54.9 Å². The van der Waals surface area contributed by atoms with Crippen molar-refractivity contribution >= 4 is 16.9 Å². The van der Waals surface area contributed by atoms with E-state index in [2.05, 4.69) is 17.3 Å². The molecule has 0 atom stereocenters. The Morgan fingerprint density at radius 2 is 1.97 bits per heavy atom. The van der Waals surface area contributed by atoms with E-state index in [-0.39, 0.29) is 5.91 Å². The van der Waals surface area contributed by atoms with E-state index in [1.165, 1.54) is 0 Å². The maximum absolute atomic E-state index is 12.9. The van der Waals surface area contributed by atoms with E-state index in [1.807, 2.05) is 48.5 Å². The van der Waals surface area contributed by atoms with Gasteiger partial charge in [-0.1, -0.05) is 30.3 Å². The molecule has 0 radical (unpaired) electrons. The van der Waals surface area contributed by atoms with Crippen LogP contribution < -0.4 is 10.1 Å². The third-order valence-electron chi connectivity index (χ3n) is 6.07. The Morgan fingerprint density at radius 3 is 2.79 bits per heavy atom.